The molecule has 1 atom stereocenters. The molecule has 0 saturated carbocycles. The molecular formula is C13H19NO2. The largest absolute Gasteiger partial charge is 0.508 e. The predicted molar refractivity (Wildman–Crippen MR) is 63.4 cm³/mol. The number of nitrogens with zero attached hydrogens (tertiary/aromatic N) is 1. The van der Waals surface area contributed by atoms with Crippen molar-refractivity contribution in [1.82, 2.24) is 4.90 Å². The molecule has 1 aromatic rings. The number of phenolic OH excluding ortho intramolecular Hbond substituents is 1. The summed E-state index contributed by atoms with van der Waals surface area (Å²) in [6, 6.07) is 7.48. The SMILES string of the molecule is CCC1CN(Cc2cccc(O)c2)CCO1. The van der Waals surface area contributed by atoms with Crippen molar-refractivity contribution >= 4 is 0 Å². The zero-order valence-electron chi connectivity index (χ0n) is 9.72. The highest BCUT2D eigenvalue weighted by molar-refractivity contribution is 5.27. The number of morpholine rings is 1. The lowest BCUT2D eigenvalue weighted by Crippen LogP contribution is -2.41. The first-order chi connectivity index (χ1) is 7.78. The van der Waals surface area contributed by atoms with Gasteiger partial charge in [-0.15, -0.1) is 0 Å². The molecule has 0 spiro atoms. The van der Waals surface area contributed by atoms with Crippen LogP contribution in [0.3, 0.4) is 0 Å². The van der Waals surface area contributed by atoms with Crippen molar-refractivity contribution in [3.63, 3.8) is 0 Å². The molecule has 0 aromatic heterocycles. The Morgan fingerprint density at radius 3 is 3.12 bits per heavy atom. The first-order valence-electron chi connectivity index (χ1n) is 5.90. The summed E-state index contributed by atoms with van der Waals surface area (Å²) in [4.78, 5) is 2.38. The Bertz CT molecular complexity index is 340. The fourth-order valence-electron chi connectivity index (χ4n) is 2.08. The minimum Gasteiger partial charge on any atom is -0.508 e. The number of benzene rings is 1. The van der Waals surface area contributed by atoms with Crippen LogP contribution in [0.2, 0.25) is 0 Å². The number of rotatable bonds is 3. The molecule has 1 fully saturated rings. The van der Waals surface area contributed by atoms with Gasteiger partial charge in [-0.2, -0.15) is 0 Å². The topological polar surface area (TPSA) is 32.7 Å². The van der Waals surface area contributed by atoms with E-state index in [1.54, 1.807) is 6.07 Å². The third kappa shape index (κ3) is 2.97. The van der Waals surface area contributed by atoms with Gasteiger partial charge in [0.25, 0.3) is 0 Å². The predicted octanol–water partition coefficient (Wildman–Crippen LogP) is 2.00. The molecule has 0 aliphatic carbocycles. The lowest BCUT2D eigenvalue weighted by atomic mass is 10.1. The van der Waals surface area contributed by atoms with Crippen LogP contribution >= 0.6 is 0 Å². The van der Waals surface area contributed by atoms with Crippen LogP contribution in [0.5, 0.6) is 5.75 Å². The molecule has 3 heteroatoms. The van der Waals surface area contributed by atoms with E-state index in [-0.39, 0.29) is 0 Å². The molecule has 16 heavy (non-hydrogen) atoms. The van der Waals surface area contributed by atoms with E-state index in [9.17, 15) is 5.11 Å². The summed E-state index contributed by atoms with van der Waals surface area (Å²) in [5.41, 5.74) is 1.16. The van der Waals surface area contributed by atoms with Gasteiger partial charge in [0, 0.05) is 19.6 Å². The highest BCUT2D eigenvalue weighted by atomic mass is 16.5. The average Bonchev–Trinajstić information content (AvgIpc) is 2.29. The smallest absolute Gasteiger partial charge is 0.115 e. The maximum Gasteiger partial charge on any atom is 0.115 e. The molecule has 1 aromatic carbocycles. The minimum absolute atomic E-state index is 0.345. The highest BCUT2D eigenvalue weighted by Crippen LogP contribution is 2.15. The maximum atomic E-state index is 9.40. The van der Waals surface area contributed by atoms with Crippen LogP contribution < -0.4 is 0 Å². The number of aromatic hydroxyl groups is 1. The zero-order chi connectivity index (χ0) is 11.4. The molecule has 3 nitrogen and oxygen atoms in total. The molecular weight excluding hydrogens is 202 g/mol. The first-order valence-corrected chi connectivity index (χ1v) is 5.90. The van der Waals surface area contributed by atoms with Gasteiger partial charge >= 0.3 is 0 Å². The van der Waals surface area contributed by atoms with E-state index in [0.29, 0.717) is 11.9 Å². The summed E-state index contributed by atoms with van der Waals surface area (Å²) in [6.07, 6.45) is 1.43. The Kier molecular flexibility index (Phi) is 3.80. The Labute approximate surface area is 96.6 Å². The fourth-order valence-corrected chi connectivity index (χ4v) is 2.08. The number of hydrogen-bond acceptors (Lipinski definition) is 3. The Hall–Kier alpha value is -1.06. The van der Waals surface area contributed by atoms with E-state index in [4.69, 9.17) is 4.74 Å². The van der Waals surface area contributed by atoms with E-state index in [0.717, 1.165) is 38.2 Å². The Morgan fingerprint density at radius 2 is 2.38 bits per heavy atom. The van der Waals surface area contributed by atoms with Gasteiger partial charge < -0.3 is 9.84 Å². The number of ether oxygens (including phenoxy) is 1. The summed E-state index contributed by atoms with van der Waals surface area (Å²) in [6.45, 7) is 5.84. The van der Waals surface area contributed by atoms with Crippen molar-refractivity contribution in [2.75, 3.05) is 19.7 Å². The van der Waals surface area contributed by atoms with Crippen molar-refractivity contribution in [2.45, 2.75) is 26.0 Å². The normalized spacial score (nSPS) is 22.2. The molecule has 1 aliphatic rings. The lowest BCUT2D eigenvalue weighted by Gasteiger charge is -2.32. The van der Waals surface area contributed by atoms with E-state index in [1.807, 2.05) is 12.1 Å². The molecule has 0 radical (unpaired) electrons. The summed E-state index contributed by atoms with van der Waals surface area (Å²) >= 11 is 0. The van der Waals surface area contributed by atoms with E-state index in [2.05, 4.69) is 17.9 Å². The van der Waals surface area contributed by atoms with Gasteiger partial charge in [0.15, 0.2) is 0 Å². The monoisotopic (exact) mass is 221 g/mol. The first kappa shape index (κ1) is 11.4. The van der Waals surface area contributed by atoms with Gasteiger partial charge in [-0.25, -0.2) is 0 Å². The van der Waals surface area contributed by atoms with Crippen LogP contribution in [0.1, 0.15) is 18.9 Å². The van der Waals surface area contributed by atoms with Crippen LogP contribution in [-0.4, -0.2) is 35.8 Å². The third-order valence-corrected chi connectivity index (χ3v) is 2.99. The molecule has 1 heterocycles. The zero-order valence-corrected chi connectivity index (χ0v) is 9.72. The van der Waals surface area contributed by atoms with E-state index >= 15 is 0 Å². The molecule has 0 amide bonds. The second kappa shape index (κ2) is 5.32. The van der Waals surface area contributed by atoms with Gasteiger partial charge in [-0.1, -0.05) is 19.1 Å². The van der Waals surface area contributed by atoms with Crippen molar-refractivity contribution in [1.29, 1.82) is 0 Å². The van der Waals surface area contributed by atoms with Crippen LogP contribution in [0, 0.1) is 0 Å². The van der Waals surface area contributed by atoms with Crippen LogP contribution in [0.4, 0.5) is 0 Å². The molecule has 1 N–H and O–H groups in total. The lowest BCUT2D eigenvalue weighted by molar-refractivity contribution is -0.0324. The average molecular weight is 221 g/mol. The summed E-state index contributed by atoms with van der Waals surface area (Å²) < 4.78 is 5.63. The molecule has 88 valence electrons. The summed E-state index contributed by atoms with van der Waals surface area (Å²) in [7, 11) is 0. The summed E-state index contributed by atoms with van der Waals surface area (Å²) in [5, 5.41) is 9.40. The quantitative estimate of drug-likeness (QED) is 0.847. The van der Waals surface area contributed by atoms with Crippen LogP contribution in [0.25, 0.3) is 0 Å². The van der Waals surface area contributed by atoms with E-state index in [1.165, 1.54) is 0 Å². The molecule has 1 saturated heterocycles. The number of phenols is 1. The van der Waals surface area contributed by atoms with Crippen molar-refractivity contribution in [2.24, 2.45) is 0 Å². The number of hydrogen-bond donors (Lipinski definition) is 1. The second-order valence-electron chi connectivity index (χ2n) is 4.31. The highest BCUT2D eigenvalue weighted by Gasteiger charge is 2.18. The summed E-state index contributed by atoms with van der Waals surface area (Å²) in [5.74, 6) is 0.345. The van der Waals surface area contributed by atoms with Crippen LogP contribution in [-0.2, 0) is 11.3 Å². The van der Waals surface area contributed by atoms with Gasteiger partial charge in [-0.3, -0.25) is 4.90 Å². The molecule has 2 rings (SSSR count). The molecule has 1 aliphatic heterocycles. The van der Waals surface area contributed by atoms with Gasteiger partial charge in [0.1, 0.15) is 5.75 Å². The minimum atomic E-state index is 0.345. The van der Waals surface area contributed by atoms with Crippen molar-refractivity contribution in [3.05, 3.63) is 29.8 Å². The van der Waals surface area contributed by atoms with Crippen molar-refractivity contribution < 1.29 is 9.84 Å². The van der Waals surface area contributed by atoms with Crippen molar-refractivity contribution in [3.8, 4) is 5.75 Å². The fraction of sp³-hybridized carbons (Fsp3) is 0.538. The molecule has 1 unspecified atom stereocenters. The van der Waals surface area contributed by atoms with Crippen LogP contribution in [0.15, 0.2) is 24.3 Å². The van der Waals surface area contributed by atoms with E-state index < -0.39 is 0 Å². The molecule has 0 bridgehead atoms. The standard InChI is InChI=1S/C13H19NO2/c1-2-13-10-14(6-7-16-13)9-11-4-3-5-12(15)8-11/h3-5,8,13,15H,2,6-7,9-10H2,1H3. The van der Waals surface area contributed by atoms with Gasteiger partial charge in [0.05, 0.1) is 12.7 Å². The Balaban J connectivity index is 1.94. The third-order valence-electron chi connectivity index (χ3n) is 2.99. The second-order valence-corrected chi connectivity index (χ2v) is 4.31. The Morgan fingerprint density at radius 1 is 1.50 bits per heavy atom. The van der Waals surface area contributed by atoms with Gasteiger partial charge in [0.2, 0.25) is 0 Å². The maximum absolute atomic E-state index is 9.40. The van der Waals surface area contributed by atoms with Gasteiger partial charge in [-0.05, 0) is 24.1 Å².